The first-order valence-electron chi connectivity index (χ1n) is 21.8. The second-order valence-corrected chi connectivity index (χ2v) is 16.3. The van der Waals surface area contributed by atoms with Gasteiger partial charge in [0.15, 0.2) is 6.10 Å². The van der Waals surface area contributed by atoms with E-state index in [2.05, 4.69) is 18.4 Å². The molecular formula is C43H81O10P. The van der Waals surface area contributed by atoms with Gasteiger partial charge >= 0.3 is 19.8 Å². The Balaban J connectivity index is 4.36. The molecule has 0 heterocycles. The van der Waals surface area contributed by atoms with E-state index in [-0.39, 0.29) is 13.0 Å². The highest BCUT2D eigenvalue weighted by molar-refractivity contribution is 7.47. The fraction of sp³-hybridized carbons (Fsp3) is 0.860. The van der Waals surface area contributed by atoms with Crippen LogP contribution in [0.2, 0.25) is 0 Å². The molecule has 1 unspecified atom stereocenters. The van der Waals surface area contributed by atoms with Crippen molar-refractivity contribution in [2.75, 3.05) is 26.4 Å². The summed E-state index contributed by atoms with van der Waals surface area (Å²) in [6, 6.07) is 0. The van der Waals surface area contributed by atoms with Crippen LogP contribution in [-0.2, 0) is 32.7 Å². The number of carbonyl (C=O) groups excluding carboxylic acids is 2. The van der Waals surface area contributed by atoms with Crippen LogP contribution in [-0.4, -0.2) is 65.7 Å². The van der Waals surface area contributed by atoms with E-state index in [9.17, 15) is 24.2 Å². The molecule has 0 aromatic heterocycles. The number of aliphatic hydroxyl groups is 2. The van der Waals surface area contributed by atoms with Gasteiger partial charge in [-0.1, -0.05) is 193 Å². The van der Waals surface area contributed by atoms with Crippen molar-refractivity contribution in [1.82, 2.24) is 0 Å². The third kappa shape index (κ3) is 38.7. The fourth-order valence-electron chi connectivity index (χ4n) is 6.08. The highest BCUT2D eigenvalue weighted by Crippen LogP contribution is 2.43. The van der Waals surface area contributed by atoms with E-state index in [1.807, 2.05) is 6.08 Å². The van der Waals surface area contributed by atoms with Crippen LogP contribution in [0.3, 0.4) is 0 Å². The summed E-state index contributed by atoms with van der Waals surface area (Å²) in [5.74, 6) is -1.17. The lowest BCUT2D eigenvalue weighted by atomic mass is 10.0. The topological polar surface area (TPSA) is 149 Å². The molecule has 0 bridgehead atoms. The van der Waals surface area contributed by atoms with Gasteiger partial charge in [0.1, 0.15) is 12.7 Å². The molecule has 0 fully saturated rings. The number of hydrogen-bond acceptors (Lipinski definition) is 9. The molecular weight excluding hydrogens is 707 g/mol. The first kappa shape index (κ1) is 52.5. The summed E-state index contributed by atoms with van der Waals surface area (Å²) >= 11 is 0. The maximum Gasteiger partial charge on any atom is 0.472 e. The van der Waals surface area contributed by atoms with Gasteiger partial charge in [-0.2, -0.15) is 0 Å². The van der Waals surface area contributed by atoms with Crippen LogP contribution in [0.15, 0.2) is 24.3 Å². The molecule has 0 radical (unpaired) electrons. The van der Waals surface area contributed by atoms with Gasteiger partial charge in [0.2, 0.25) is 0 Å². The van der Waals surface area contributed by atoms with Gasteiger partial charge in [-0.05, 0) is 19.3 Å². The van der Waals surface area contributed by atoms with Crippen molar-refractivity contribution in [3.05, 3.63) is 24.3 Å². The van der Waals surface area contributed by atoms with Crippen LogP contribution < -0.4 is 0 Å². The first-order chi connectivity index (χ1) is 26.2. The van der Waals surface area contributed by atoms with Gasteiger partial charge in [-0.3, -0.25) is 13.8 Å². The van der Waals surface area contributed by atoms with E-state index in [1.54, 1.807) is 12.2 Å². The molecule has 10 nitrogen and oxygen atoms in total. The number of ether oxygens (including phenoxy) is 2. The lowest BCUT2D eigenvalue weighted by Gasteiger charge is -2.19. The number of hydrogen-bond donors (Lipinski definition) is 3. The number of allylic oxidation sites excluding steroid dienone is 3. The molecule has 0 amide bonds. The molecule has 11 heteroatoms. The summed E-state index contributed by atoms with van der Waals surface area (Å²) in [6.45, 7) is 2.28. The van der Waals surface area contributed by atoms with Crippen molar-refractivity contribution in [2.45, 2.75) is 212 Å². The number of esters is 2. The van der Waals surface area contributed by atoms with Gasteiger partial charge in [-0.25, -0.2) is 9.36 Å². The third-order valence-corrected chi connectivity index (χ3v) is 10.4. The number of phosphoric ester groups is 1. The minimum atomic E-state index is -4.64. The molecule has 0 spiro atoms. The summed E-state index contributed by atoms with van der Waals surface area (Å²) < 4.78 is 32.5. The van der Waals surface area contributed by atoms with Crippen LogP contribution in [0.5, 0.6) is 0 Å². The Kier molecular flexibility index (Phi) is 38.5. The van der Waals surface area contributed by atoms with Crippen LogP contribution in [0, 0.1) is 0 Å². The molecule has 318 valence electrons. The second kappa shape index (κ2) is 39.7. The van der Waals surface area contributed by atoms with E-state index in [4.69, 9.17) is 19.1 Å². The van der Waals surface area contributed by atoms with E-state index < -0.39 is 51.8 Å². The summed E-state index contributed by atoms with van der Waals surface area (Å²) in [6.07, 6.45) is 39.2. The maximum absolute atomic E-state index is 12.5. The predicted molar refractivity (Wildman–Crippen MR) is 219 cm³/mol. The average Bonchev–Trinajstić information content (AvgIpc) is 3.16. The normalized spacial score (nSPS) is 14.1. The SMILES string of the molecule is CCCCCCCCCCCCC/C=C/C=C/C(=O)O[C@H](COC(=O)CCCCCCCCCCCCCCCCCC)COP(=O)(O)OC[C@@H](O)CO. The molecule has 0 aliphatic rings. The van der Waals surface area contributed by atoms with Crippen LogP contribution in [0.4, 0.5) is 0 Å². The van der Waals surface area contributed by atoms with Crippen LogP contribution in [0.25, 0.3) is 0 Å². The summed E-state index contributed by atoms with van der Waals surface area (Å²) in [5, 5.41) is 18.3. The number of rotatable bonds is 41. The maximum atomic E-state index is 12.5. The lowest BCUT2D eigenvalue weighted by Crippen LogP contribution is -2.29. The smallest absolute Gasteiger partial charge is 0.462 e. The quantitative estimate of drug-likeness (QED) is 0.0180. The lowest BCUT2D eigenvalue weighted by molar-refractivity contribution is -0.157. The van der Waals surface area contributed by atoms with Gasteiger partial charge < -0.3 is 24.6 Å². The van der Waals surface area contributed by atoms with Crippen molar-refractivity contribution < 1.29 is 47.8 Å². The van der Waals surface area contributed by atoms with Crippen molar-refractivity contribution >= 4 is 19.8 Å². The summed E-state index contributed by atoms with van der Waals surface area (Å²) in [7, 11) is -4.64. The van der Waals surface area contributed by atoms with Gasteiger partial charge in [0, 0.05) is 12.5 Å². The monoisotopic (exact) mass is 789 g/mol. The van der Waals surface area contributed by atoms with Crippen molar-refractivity contribution in [1.29, 1.82) is 0 Å². The molecule has 0 aromatic carbocycles. The van der Waals surface area contributed by atoms with Crippen molar-refractivity contribution in [2.24, 2.45) is 0 Å². The Labute approximate surface area is 329 Å². The molecule has 0 saturated heterocycles. The Hall–Kier alpha value is -1.55. The largest absolute Gasteiger partial charge is 0.472 e. The molecule has 0 aromatic rings. The highest BCUT2D eigenvalue weighted by atomic mass is 31.2. The highest BCUT2D eigenvalue weighted by Gasteiger charge is 2.26. The number of unbranched alkanes of at least 4 members (excludes halogenated alkanes) is 26. The number of aliphatic hydroxyl groups excluding tert-OH is 2. The molecule has 3 atom stereocenters. The Bertz CT molecular complexity index is 957. The molecule has 0 rings (SSSR count). The van der Waals surface area contributed by atoms with Crippen molar-refractivity contribution in [3.63, 3.8) is 0 Å². The van der Waals surface area contributed by atoms with Gasteiger partial charge in [-0.15, -0.1) is 0 Å². The Morgan fingerprint density at radius 2 is 1.02 bits per heavy atom. The Morgan fingerprint density at radius 1 is 0.593 bits per heavy atom. The third-order valence-electron chi connectivity index (χ3n) is 9.47. The predicted octanol–water partition coefficient (Wildman–Crippen LogP) is 11.4. The standard InChI is InChI=1S/C43H81O10P/c1-3-5-7-9-11-13-15-17-19-21-22-24-26-28-30-32-34-42(46)50-38-41(39-52-54(48,49)51-37-40(45)36-44)53-43(47)35-33-31-29-27-25-23-20-18-16-14-12-10-8-6-4-2/h29,31,33,35,40-41,44-45H,3-28,30,32,34,36-39H2,1-2H3,(H,48,49)/b31-29+,35-33+/t40-,41+/m0/s1. The van der Waals surface area contributed by atoms with E-state index >= 15 is 0 Å². The minimum Gasteiger partial charge on any atom is -0.462 e. The molecule has 0 saturated carbocycles. The van der Waals surface area contributed by atoms with Crippen LogP contribution >= 0.6 is 7.82 Å². The second-order valence-electron chi connectivity index (χ2n) is 14.8. The first-order valence-corrected chi connectivity index (χ1v) is 23.3. The van der Waals surface area contributed by atoms with Crippen LogP contribution in [0.1, 0.15) is 200 Å². The van der Waals surface area contributed by atoms with Crippen molar-refractivity contribution in [3.8, 4) is 0 Å². The number of carbonyl (C=O) groups is 2. The summed E-state index contributed by atoms with van der Waals surface area (Å²) in [5.41, 5.74) is 0. The minimum absolute atomic E-state index is 0.227. The number of phosphoric acid groups is 1. The van der Waals surface area contributed by atoms with E-state index in [1.165, 1.54) is 147 Å². The zero-order chi connectivity index (χ0) is 39.8. The molecule has 0 aliphatic carbocycles. The molecule has 54 heavy (non-hydrogen) atoms. The zero-order valence-electron chi connectivity index (χ0n) is 34.4. The fourth-order valence-corrected chi connectivity index (χ4v) is 6.87. The van der Waals surface area contributed by atoms with Gasteiger partial charge in [0.05, 0.1) is 19.8 Å². The molecule has 3 N–H and O–H groups in total. The average molecular weight is 789 g/mol. The summed E-state index contributed by atoms with van der Waals surface area (Å²) in [4.78, 5) is 34.8. The Morgan fingerprint density at radius 3 is 1.48 bits per heavy atom. The zero-order valence-corrected chi connectivity index (χ0v) is 35.3. The molecule has 0 aliphatic heterocycles. The van der Waals surface area contributed by atoms with E-state index in [0.29, 0.717) is 6.42 Å². The van der Waals surface area contributed by atoms with E-state index in [0.717, 1.165) is 32.1 Å². The van der Waals surface area contributed by atoms with Gasteiger partial charge in [0.25, 0.3) is 0 Å².